The highest BCUT2D eigenvalue weighted by molar-refractivity contribution is 6.41. The van der Waals surface area contributed by atoms with Crippen molar-refractivity contribution in [2.24, 2.45) is 0 Å². The molecule has 2 aromatic heterocycles. The Hall–Kier alpha value is -6.07. The van der Waals surface area contributed by atoms with E-state index in [0.717, 1.165) is 79.3 Å². The second-order valence-electron chi connectivity index (χ2n) is 13.3. The number of Topliss-reactive ketones (excluding diaryl/α,β-unsaturated/α-hetero) is 2. The fourth-order valence-electron chi connectivity index (χ4n) is 6.45. The van der Waals surface area contributed by atoms with E-state index in [4.69, 9.17) is 4.98 Å². The first-order valence-electron chi connectivity index (χ1n) is 18.0. The molecule has 1 fully saturated rings. The van der Waals surface area contributed by atoms with E-state index in [0.29, 0.717) is 23.7 Å². The van der Waals surface area contributed by atoms with Gasteiger partial charge in [0.2, 0.25) is 0 Å². The van der Waals surface area contributed by atoms with Crippen molar-refractivity contribution in [3.8, 4) is 11.1 Å². The lowest BCUT2D eigenvalue weighted by Crippen LogP contribution is -2.45. The predicted molar refractivity (Wildman–Crippen MR) is 198 cm³/mol. The largest absolute Gasteiger partial charge is 0.480 e. The van der Waals surface area contributed by atoms with E-state index in [2.05, 4.69) is 43.0 Å². The van der Waals surface area contributed by atoms with Crippen LogP contribution in [0, 0.1) is 0 Å². The number of aliphatic carboxylic acids is 1. The minimum atomic E-state index is -5.77. The molecule has 1 amide bonds. The molecule has 0 saturated carbocycles. The van der Waals surface area contributed by atoms with Crippen LogP contribution in [0.2, 0.25) is 0 Å². The molecule has 4 heterocycles. The van der Waals surface area contributed by atoms with Crippen LogP contribution in [-0.4, -0.2) is 88.1 Å². The quantitative estimate of drug-likeness (QED) is 0.0982. The number of aromatic nitrogens is 3. The maximum atomic E-state index is 13.0. The maximum absolute atomic E-state index is 13.0. The SMILES string of the molecule is CCc1c(NC[C@H](NC(=O)c2ccc(-c3ccccc3)cc2)C(=O)O)ncnc1N1CCC(c2ccc3c(n2)NCCC3)CC1.O=C(C(=O)C(F)(F)F)C(F)(F)F. The maximum Gasteiger partial charge on any atom is 0.458 e. The molecule has 0 spiro atoms. The first kappa shape index (κ1) is 42.1. The third-order valence-electron chi connectivity index (χ3n) is 9.46. The highest BCUT2D eigenvalue weighted by atomic mass is 19.4. The Bertz CT molecular complexity index is 2030. The number of hydrogen-bond acceptors (Lipinski definition) is 10. The van der Waals surface area contributed by atoms with Crippen LogP contribution < -0.4 is 20.9 Å². The van der Waals surface area contributed by atoms with Gasteiger partial charge in [0, 0.05) is 48.9 Å². The van der Waals surface area contributed by atoms with E-state index in [9.17, 15) is 50.6 Å². The zero-order valence-corrected chi connectivity index (χ0v) is 30.6. The normalized spacial score (nSPS) is 14.9. The first-order valence-corrected chi connectivity index (χ1v) is 18.0. The van der Waals surface area contributed by atoms with Gasteiger partial charge in [-0.15, -0.1) is 0 Å². The van der Waals surface area contributed by atoms with Gasteiger partial charge in [-0.1, -0.05) is 55.5 Å². The number of carboxylic acids is 1. The van der Waals surface area contributed by atoms with Gasteiger partial charge in [-0.25, -0.2) is 19.7 Å². The number of hydrogen-bond donors (Lipinski definition) is 4. The average molecular weight is 800 g/mol. The van der Waals surface area contributed by atoms with Crippen molar-refractivity contribution in [2.75, 3.05) is 41.7 Å². The van der Waals surface area contributed by atoms with Crippen LogP contribution in [0.25, 0.3) is 11.1 Å². The number of halogens is 6. The number of aryl methyl sites for hydroxylation is 1. The molecule has 6 rings (SSSR count). The molecular formula is C39H39F6N7O5. The molecule has 12 nitrogen and oxygen atoms in total. The molecule has 4 aromatic rings. The average Bonchev–Trinajstić information content (AvgIpc) is 3.21. The molecule has 18 heteroatoms. The lowest BCUT2D eigenvalue weighted by atomic mass is 9.92. The van der Waals surface area contributed by atoms with Crippen molar-refractivity contribution >= 4 is 40.9 Å². The summed E-state index contributed by atoms with van der Waals surface area (Å²) in [6.45, 7) is 4.69. The molecular weight excluding hydrogens is 760 g/mol. The Balaban J connectivity index is 0.000000448. The molecule has 1 saturated heterocycles. The van der Waals surface area contributed by atoms with Crippen LogP contribution in [0.1, 0.15) is 59.3 Å². The van der Waals surface area contributed by atoms with Gasteiger partial charge in [-0.3, -0.25) is 14.4 Å². The van der Waals surface area contributed by atoms with Gasteiger partial charge in [-0.2, -0.15) is 26.3 Å². The number of carboxylic acid groups (broad SMARTS) is 1. The van der Waals surface area contributed by atoms with Gasteiger partial charge >= 0.3 is 29.9 Å². The molecule has 0 unspecified atom stereocenters. The number of ketones is 2. The Morgan fingerprint density at radius 3 is 2.11 bits per heavy atom. The third-order valence-corrected chi connectivity index (χ3v) is 9.46. The molecule has 2 aliphatic heterocycles. The second kappa shape index (κ2) is 18.3. The van der Waals surface area contributed by atoms with Gasteiger partial charge in [0.25, 0.3) is 5.91 Å². The van der Waals surface area contributed by atoms with Crippen LogP contribution in [0.3, 0.4) is 0 Å². The lowest BCUT2D eigenvalue weighted by molar-refractivity contribution is -0.193. The fraction of sp³-hybridized carbons (Fsp3) is 0.359. The molecule has 2 aromatic carbocycles. The highest BCUT2D eigenvalue weighted by Gasteiger charge is 2.54. The number of carbonyl (C=O) groups excluding carboxylic acids is 3. The molecule has 57 heavy (non-hydrogen) atoms. The van der Waals surface area contributed by atoms with E-state index in [1.54, 1.807) is 12.1 Å². The number of piperidine rings is 1. The summed E-state index contributed by atoms with van der Waals surface area (Å²) in [5.74, 6) is -5.51. The van der Waals surface area contributed by atoms with Crippen molar-refractivity contribution in [1.29, 1.82) is 0 Å². The van der Waals surface area contributed by atoms with Crippen molar-refractivity contribution in [2.45, 2.75) is 63.3 Å². The summed E-state index contributed by atoms with van der Waals surface area (Å²) in [5.41, 5.74) is 5.80. The van der Waals surface area contributed by atoms with Gasteiger partial charge < -0.3 is 26.0 Å². The standard InChI is InChI=1S/C35H39N7O3.C4F6O2/c1-2-28-32(37-21-30(35(44)45)41-34(43)27-12-10-24(11-13-27)23-7-4-3-5-8-23)38-22-39-33(28)42-19-16-25(17-20-42)29-15-14-26-9-6-18-36-31(26)40-29;5-3(6,7)1(11)2(12)4(8,9)10/h3-5,7-8,10-15,22,25,30H,2,6,9,16-21H2,1H3,(H,36,40)(H,41,43)(H,44,45)(H,37,38,39);/t30-;/m0./s1. The van der Waals surface area contributed by atoms with Gasteiger partial charge in [0.1, 0.15) is 29.8 Å². The van der Waals surface area contributed by atoms with Crippen LogP contribution in [-0.2, 0) is 27.2 Å². The third kappa shape index (κ3) is 10.8. The number of fused-ring (bicyclic) bond motifs is 1. The Kier molecular flexibility index (Phi) is 13.5. The minimum Gasteiger partial charge on any atom is -0.480 e. The summed E-state index contributed by atoms with van der Waals surface area (Å²) in [6.07, 6.45) is -5.17. The smallest absolute Gasteiger partial charge is 0.458 e. The van der Waals surface area contributed by atoms with Crippen LogP contribution in [0.4, 0.5) is 43.8 Å². The number of pyridine rings is 1. The van der Waals surface area contributed by atoms with Crippen molar-refractivity contribution in [3.63, 3.8) is 0 Å². The predicted octanol–water partition coefficient (Wildman–Crippen LogP) is 6.39. The Morgan fingerprint density at radius 1 is 0.877 bits per heavy atom. The number of alkyl halides is 6. The monoisotopic (exact) mass is 799 g/mol. The summed E-state index contributed by atoms with van der Waals surface area (Å²) in [6, 6.07) is 20.3. The molecule has 302 valence electrons. The van der Waals surface area contributed by atoms with Crippen LogP contribution >= 0.6 is 0 Å². The van der Waals surface area contributed by atoms with E-state index < -0.39 is 41.8 Å². The minimum absolute atomic E-state index is 0.0211. The number of anilines is 3. The summed E-state index contributed by atoms with van der Waals surface area (Å²) < 4.78 is 67.0. The first-order chi connectivity index (χ1) is 27.1. The lowest BCUT2D eigenvalue weighted by Gasteiger charge is -2.34. The Labute approximate surface area is 323 Å². The summed E-state index contributed by atoms with van der Waals surface area (Å²) in [4.78, 5) is 60.6. The summed E-state index contributed by atoms with van der Waals surface area (Å²) >= 11 is 0. The molecule has 1 atom stereocenters. The summed E-state index contributed by atoms with van der Waals surface area (Å²) in [7, 11) is 0. The van der Waals surface area contributed by atoms with Gasteiger partial charge in [-0.05, 0) is 67.0 Å². The zero-order chi connectivity index (χ0) is 41.3. The zero-order valence-electron chi connectivity index (χ0n) is 30.6. The molecule has 2 aliphatic rings. The topological polar surface area (TPSA) is 167 Å². The molecule has 4 N–H and O–H groups in total. The van der Waals surface area contributed by atoms with Gasteiger partial charge in [0.05, 0.1) is 0 Å². The van der Waals surface area contributed by atoms with Crippen molar-refractivity contribution in [1.82, 2.24) is 20.3 Å². The van der Waals surface area contributed by atoms with Crippen LogP contribution in [0.15, 0.2) is 73.1 Å². The van der Waals surface area contributed by atoms with E-state index in [1.165, 1.54) is 11.9 Å². The molecule has 0 bridgehead atoms. The number of benzene rings is 2. The Morgan fingerprint density at radius 2 is 1.51 bits per heavy atom. The number of carbonyl (C=O) groups is 4. The van der Waals surface area contributed by atoms with E-state index >= 15 is 0 Å². The van der Waals surface area contributed by atoms with Crippen molar-refractivity contribution < 1.29 is 50.6 Å². The summed E-state index contributed by atoms with van der Waals surface area (Å²) in [5, 5.41) is 19.2. The number of rotatable bonds is 11. The van der Waals surface area contributed by atoms with Gasteiger partial charge in [0.15, 0.2) is 0 Å². The fourth-order valence-corrected chi connectivity index (χ4v) is 6.45. The highest BCUT2D eigenvalue weighted by Crippen LogP contribution is 2.33. The molecule has 0 aliphatic carbocycles. The van der Waals surface area contributed by atoms with E-state index in [1.807, 2.05) is 49.4 Å². The van der Waals surface area contributed by atoms with E-state index in [-0.39, 0.29) is 6.54 Å². The second-order valence-corrected chi connectivity index (χ2v) is 13.3. The number of nitrogens with zero attached hydrogens (tertiary/aromatic N) is 4. The van der Waals surface area contributed by atoms with Crippen molar-refractivity contribution in [3.05, 3.63) is 95.4 Å². The number of nitrogens with one attached hydrogen (secondary N) is 3. The number of amides is 1. The molecule has 0 radical (unpaired) electrons. The van der Waals surface area contributed by atoms with Crippen LogP contribution in [0.5, 0.6) is 0 Å².